The van der Waals surface area contributed by atoms with Gasteiger partial charge in [0, 0.05) is 37.5 Å². The van der Waals surface area contributed by atoms with Gasteiger partial charge in [0.2, 0.25) is 17.9 Å². The summed E-state index contributed by atoms with van der Waals surface area (Å²) >= 11 is 0. The van der Waals surface area contributed by atoms with Crippen molar-refractivity contribution in [3.8, 4) is 22.7 Å². The number of fused-ring (bicyclic) bond motifs is 1. The molecule has 10 nitrogen and oxygen atoms in total. The molecule has 2 atom stereocenters. The first-order chi connectivity index (χ1) is 24.0. The molecule has 7 rings (SSSR count). The van der Waals surface area contributed by atoms with E-state index in [1.54, 1.807) is 38.2 Å². The smallest absolute Gasteiger partial charge is 0.429 e. The summed E-state index contributed by atoms with van der Waals surface area (Å²) < 4.78 is 57.3. The van der Waals surface area contributed by atoms with Crippen molar-refractivity contribution >= 4 is 28.5 Å². The zero-order valence-electron chi connectivity index (χ0n) is 27.8. The van der Waals surface area contributed by atoms with E-state index in [0.29, 0.717) is 44.2 Å². The Bertz CT molecular complexity index is 2020. The van der Waals surface area contributed by atoms with Crippen LogP contribution in [-0.2, 0) is 9.53 Å². The van der Waals surface area contributed by atoms with E-state index < -0.39 is 12.3 Å². The van der Waals surface area contributed by atoms with Crippen LogP contribution >= 0.6 is 0 Å². The normalized spacial score (nSPS) is 18.0. The average molecular weight is 686 g/mol. The number of esters is 1. The van der Waals surface area contributed by atoms with Gasteiger partial charge in [-0.1, -0.05) is 48.5 Å². The Hall–Kier alpha value is -5.17. The molecule has 0 unspecified atom stereocenters. The number of nitrogens with two attached hydrogens (primary N) is 1. The molecule has 2 aliphatic rings. The number of rotatable bonds is 8. The average Bonchev–Trinajstić information content (AvgIpc) is 3.73. The van der Waals surface area contributed by atoms with E-state index in [1.165, 1.54) is 16.8 Å². The van der Waals surface area contributed by atoms with E-state index in [1.807, 2.05) is 47.4 Å². The van der Waals surface area contributed by atoms with Crippen LogP contribution < -0.4 is 20.7 Å². The molecule has 2 aliphatic heterocycles. The highest BCUT2D eigenvalue weighted by Crippen LogP contribution is 2.43. The Labute approximate surface area is 287 Å². The standard InChI is InChI=1S/C37H38F3N7O3/c1-3-49-34(48)29-21-36(22-42-29)13-16-46(17-14-36)31-20-32(44-35(41)43-31)50-33(37(38,39)40)28-11-10-27(19-30(28)47-15-12-23(2)45-47)26-9-8-24-6-4-5-7-25(24)18-26/h4-12,15,18-20,29,33,42H,3,13-14,16-17,21-22H2,1-2H3,(H2,41,43,44)/t29-,33+/m0/s1. The summed E-state index contributed by atoms with van der Waals surface area (Å²) in [5.74, 6) is -0.351. The van der Waals surface area contributed by atoms with Gasteiger partial charge in [-0.3, -0.25) is 4.79 Å². The molecule has 4 heterocycles. The number of nitrogens with one attached hydrogen (secondary N) is 1. The van der Waals surface area contributed by atoms with Crippen molar-refractivity contribution in [2.75, 3.05) is 36.9 Å². The van der Waals surface area contributed by atoms with Gasteiger partial charge < -0.3 is 25.4 Å². The van der Waals surface area contributed by atoms with E-state index in [9.17, 15) is 18.0 Å². The molecule has 3 N–H and O–H groups in total. The molecule has 13 heteroatoms. The first-order valence-electron chi connectivity index (χ1n) is 16.7. The Kier molecular flexibility index (Phi) is 8.85. The molecule has 2 saturated heterocycles. The van der Waals surface area contributed by atoms with Crippen molar-refractivity contribution < 1.29 is 27.4 Å². The van der Waals surface area contributed by atoms with Crippen molar-refractivity contribution in [1.29, 1.82) is 0 Å². The fraction of sp³-hybridized carbons (Fsp3) is 0.351. The summed E-state index contributed by atoms with van der Waals surface area (Å²) in [5.41, 5.74) is 8.29. The minimum absolute atomic E-state index is 0.0759. The number of ether oxygens (including phenoxy) is 2. The van der Waals surface area contributed by atoms with Crippen LogP contribution in [0.1, 0.15) is 43.5 Å². The molecular formula is C37H38F3N7O3. The Morgan fingerprint density at radius 3 is 2.48 bits per heavy atom. The second kappa shape index (κ2) is 13.3. The van der Waals surface area contributed by atoms with Gasteiger partial charge >= 0.3 is 12.1 Å². The highest BCUT2D eigenvalue weighted by molar-refractivity contribution is 5.87. The second-order valence-corrected chi connectivity index (χ2v) is 13.1. The summed E-state index contributed by atoms with van der Waals surface area (Å²) in [7, 11) is 0. The van der Waals surface area contributed by atoms with Crippen LogP contribution in [0.3, 0.4) is 0 Å². The largest absolute Gasteiger partial charge is 0.465 e. The number of hydrogen-bond acceptors (Lipinski definition) is 9. The molecule has 0 saturated carbocycles. The highest BCUT2D eigenvalue weighted by atomic mass is 19.4. The molecule has 0 amide bonds. The molecule has 50 heavy (non-hydrogen) atoms. The quantitative estimate of drug-likeness (QED) is 0.175. The summed E-state index contributed by atoms with van der Waals surface area (Å²) in [6.45, 7) is 5.73. The number of aryl methyl sites for hydroxylation is 1. The van der Waals surface area contributed by atoms with Gasteiger partial charge in [0.05, 0.1) is 18.0 Å². The number of carbonyl (C=O) groups excluding carboxylic acids is 1. The van der Waals surface area contributed by atoms with Crippen molar-refractivity contribution in [2.24, 2.45) is 5.41 Å². The van der Waals surface area contributed by atoms with Gasteiger partial charge in [-0.05, 0) is 78.6 Å². The van der Waals surface area contributed by atoms with Crippen LogP contribution in [0.15, 0.2) is 79.0 Å². The van der Waals surface area contributed by atoms with Gasteiger partial charge in [0.25, 0.3) is 0 Å². The molecule has 2 fully saturated rings. The lowest BCUT2D eigenvalue weighted by Crippen LogP contribution is -2.41. The Morgan fingerprint density at radius 1 is 1.02 bits per heavy atom. The molecule has 1 spiro atoms. The molecule has 0 aliphatic carbocycles. The van der Waals surface area contributed by atoms with Gasteiger partial charge in [0.15, 0.2) is 0 Å². The number of nitrogen functional groups attached to an aromatic ring is 1. The number of piperidine rings is 1. The number of aromatic nitrogens is 4. The summed E-state index contributed by atoms with van der Waals surface area (Å²) in [5, 5.41) is 9.82. The number of halogens is 3. The summed E-state index contributed by atoms with van der Waals surface area (Å²) in [6, 6.07) is 21.4. The van der Waals surface area contributed by atoms with Gasteiger partial charge in [-0.2, -0.15) is 28.2 Å². The zero-order chi connectivity index (χ0) is 35.0. The minimum atomic E-state index is -4.82. The maximum Gasteiger partial charge on any atom is 0.429 e. The molecule has 0 radical (unpaired) electrons. The number of hydrogen-bond donors (Lipinski definition) is 2. The molecular weight excluding hydrogens is 647 g/mol. The molecule has 0 bridgehead atoms. The first-order valence-corrected chi connectivity index (χ1v) is 16.7. The van der Waals surface area contributed by atoms with Crippen LogP contribution in [0.4, 0.5) is 24.9 Å². The molecule has 5 aromatic rings. The lowest BCUT2D eigenvalue weighted by atomic mass is 9.76. The predicted octanol–water partition coefficient (Wildman–Crippen LogP) is 6.57. The van der Waals surface area contributed by atoms with E-state index >= 15 is 0 Å². The predicted molar refractivity (Wildman–Crippen MR) is 184 cm³/mol. The molecule has 3 aromatic carbocycles. The van der Waals surface area contributed by atoms with Crippen LogP contribution in [0.25, 0.3) is 27.6 Å². The van der Waals surface area contributed by atoms with E-state index in [0.717, 1.165) is 34.7 Å². The van der Waals surface area contributed by atoms with E-state index in [-0.39, 0.29) is 40.5 Å². The number of nitrogens with zero attached hydrogens (tertiary/aromatic N) is 5. The fourth-order valence-electron chi connectivity index (χ4n) is 7.06. The highest BCUT2D eigenvalue weighted by Gasteiger charge is 2.46. The maximum atomic E-state index is 15.0. The van der Waals surface area contributed by atoms with Crippen molar-refractivity contribution in [2.45, 2.75) is 51.4 Å². The van der Waals surface area contributed by atoms with Gasteiger partial charge in [-0.15, -0.1) is 0 Å². The number of carbonyl (C=O) groups is 1. The molecule has 2 aromatic heterocycles. The second-order valence-electron chi connectivity index (χ2n) is 13.1. The zero-order valence-corrected chi connectivity index (χ0v) is 27.8. The number of anilines is 2. The summed E-state index contributed by atoms with van der Waals surface area (Å²) in [4.78, 5) is 22.7. The van der Waals surface area contributed by atoms with Crippen LogP contribution in [-0.4, -0.2) is 64.2 Å². The van der Waals surface area contributed by atoms with Crippen LogP contribution in [0.2, 0.25) is 0 Å². The van der Waals surface area contributed by atoms with Crippen molar-refractivity contribution in [3.05, 3.63) is 90.3 Å². The van der Waals surface area contributed by atoms with Crippen LogP contribution in [0.5, 0.6) is 5.88 Å². The van der Waals surface area contributed by atoms with Gasteiger partial charge in [-0.25, -0.2) is 4.68 Å². The van der Waals surface area contributed by atoms with Crippen molar-refractivity contribution in [3.63, 3.8) is 0 Å². The third-order valence-corrected chi connectivity index (χ3v) is 9.69. The van der Waals surface area contributed by atoms with Crippen molar-refractivity contribution in [1.82, 2.24) is 25.1 Å². The third kappa shape index (κ3) is 6.82. The SMILES string of the molecule is CCOC(=O)[C@@H]1CC2(CCN(c3cc(O[C@H](c4ccc(-c5ccc6ccccc6c5)cc4-n4ccc(C)n4)C(F)(F)F)nc(N)n3)CC2)CN1. The fourth-order valence-corrected chi connectivity index (χ4v) is 7.06. The topological polar surface area (TPSA) is 120 Å². The molecule has 260 valence electrons. The third-order valence-electron chi connectivity index (χ3n) is 9.69. The van der Waals surface area contributed by atoms with E-state index in [4.69, 9.17) is 15.2 Å². The lowest BCUT2D eigenvalue weighted by Gasteiger charge is -2.39. The van der Waals surface area contributed by atoms with Crippen LogP contribution in [0, 0.1) is 12.3 Å². The monoisotopic (exact) mass is 685 g/mol. The van der Waals surface area contributed by atoms with Gasteiger partial charge in [0.1, 0.15) is 11.9 Å². The lowest BCUT2D eigenvalue weighted by molar-refractivity contribution is -0.198. The summed E-state index contributed by atoms with van der Waals surface area (Å²) in [6.07, 6.45) is -3.38. The minimum Gasteiger partial charge on any atom is -0.465 e. The Morgan fingerprint density at radius 2 is 1.76 bits per heavy atom. The Balaban J connectivity index is 1.17. The maximum absolute atomic E-state index is 15.0. The van der Waals surface area contributed by atoms with E-state index in [2.05, 4.69) is 20.4 Å². The number of benzene rings is 3. The number of alkyl halides is 3. The first kappa shape index (κ1) is 33.3.